The van der Waals surface area contributed by atoms with Crippen molar-refractivity contribution >= 4 is 32.6 Å². The highest BCUT2D eigenvalue weighted by atomic mass is 15.1. The molecular weight excluding hydrogens is 869 g/mol. The molecule has 12 aromatic carbocycles. The number of hydrogen-bond acceptors (Lipinski definition) is 1. The van der Waals surface area contributed by atoms with E-state index in [1.165, 1.54) is 99.4 Å². The Bertz CT molecular complexity index is 4010. The first kappa shape index (κ1) is 41.6. The highest BCUT2D eigenvalue weighted by Gasteiger charge is 2.46. The lowest BCUT2D eigenvalue weighted by molar-refractivity contribution is 0.769. The molecule has 0 radical (unpaired) electrons. The molecule has 0 N–H and O–H groups in total. The molecule has 0 bridgehead atoms. The Morgan fingerprint density at radius 1 is 0.292 bits per heavy atom. The van der Waals surface area contributed by atoms with Crippen LogP contribution < -0.4 is 0 Å². The fourth-order valence-electron chi connectivity index (χ4n) is 11.9. The molecule has 0 spiro atoms. The second-order valence-corrected chi connectivity index (χ2v) is 19.0. The van der Waals surface area contributed by atoms with E-state index in [1.807, 2.05) is 0 Å². The lowest BCUT2D eigenvalue weighted by Gasteiger charge is -2.34. The van der Waals surface area contributed by atoms with Crippen LogP contribution in [-0.2, 0) is 5.41 Å². The van der Waals surface area contributed by atoms with Gasteiger partial charge in [-0.05, 0) is 136 Å². The van der Waals surface area contributed by atoms with E-state index in [0.717, 1.165) is 28.1 Å². The number of benzene rings is 12. The van der Waals surface area contributed by atoms with Crippen LogP contribution in [0.4, 0.5) is 0 Å². The molecule has 336 valence electrons. The van der Waals surface area contributed by atoms with Gasteiger partial charge in [0.25, 0.3) is 0 Å². The number of hydrogen-bond donors (Lipinski definition) is 0. The molecule has 2 nitrogen and oxygen atoms in total. The average Bonchev–Trinajstić information content (AvgIpc) is 3.99. The van der Waals surface area contributed by atoms with Crippen LogP contribution in [0.1, 0.15) is 22.3 Å². The second-order valence-electron chi connectivity index (χ2n) is 19.0. The molecule has 0 saturated heterocycles. The largest absolute Gasteiger partial charge is 0.292 e. The molecule has 1 aliphatic carbocycles. The van der Waals surface area contributed by atoms with Crippen molar-refractivity contribution in [1.29, 1.82) is 0 Å². The van der Waals surface area contributed by atoms with Crippen molar-refractivity contribution < 1.29 is 0 Å². The SMILES string of the molecule is c1ccc(-c2ccc3c(c2)C(c2ccccc2)(c2ccc(-c4c5ccccc5c(-c5ccc(-c6nc7ccccc7n6-c6ccccc6)cc5)c5ccccc45)cc2)c2cc(-c4ccccc4)ccc2-3)cc1. The van der Waals surface area contributed by atoms with Gasteiger partial charge in [-0.25, -0.2) is 4.98 Å². The number of para-hydroxylation sites is 3. The van der Waals surface area contributed by atoms with Crippen molar-refractivity contribution in [1.82, 2.24) is 9.55 Å². The van der Waals surface area contributed by atoms with E-state index in [9.17, 15) is 0 Å². The molecule has 72 heavy (non-hydrogen) atoms. The summed E-state index contributed by atoms with van der Waals surface area (Å²) >= 11 is 0. The molecular formula is C70H46N2. The van der Waals surface area contributed by atoms with Crippen LogP contribution in [0.2, 0.25) is 0 Å². The van der Waals surface area contributed by atoms with E-state index in [4.69, 9.17) is 4.98 Å². The molecule has 1 heterocycles. The minimum atomic E-state index is -0.592. The number of fused-ring (bicyclic) bond motifs is 6. The highest BCUT2D eigenvalue weighted by molar-refractivity contribution is 6.21. The van der Waals surface area contributed by atoms with E-state index < -0.39 is 5.41 Å². The van der Waals surface area contributed by atoms with Gasteiger partial charge in [0.15, 0.2) is 0 Å². The molecule has 0 amide bonds. The van der Waals surface area contributed by atoms with Crippen LogP contribution >= 0.6 is 0 Å². The number of aromatic nitrogens is 2. The van der Waals surface area contributed by atoms with Crippen LogP contribution in [0.5, 0.6) is 0 Å². The average molecular weight is 915 g/mol. The first-order chi connectivity index (χ1) is 35.7. The topological polar surface area (TPSA) is 17.8 Å². The molecule has 0 atom stereocenters. The Balaban J connectivity index is 0.938. The number of nitrogens with zero attached hydrogens (tertiary/aromatic N) is 2. The molecule has 1 aliphatic rings. The maximum atomic E-state index is 5.18. The minimum absolute atomic E-state index is 0.592. The van der Waals surface area contributed by atoms with Gasteiger partial charge in [0.05, 0.1) is 16.4 Å². The monoisotopic (exact) mass is 914 g/mol. The standard InChI is InChI=1S/C70H46N2/c1-5-19-47(20-6-1)52-39-43-57-58-44-40-53(48-21-7-2-8-22-48)46-64(58)70(63(57)45-52,54-23-9-3-10-24-54)55-41-37-50(38-42-55)68-61-29-15-13-27-59(61)67(60-28-14-16-30-62(60)68)49-33-35-51(36-34-49)69-71-65-31-17-18-32-66(65)72(69)56-25-11-4-12-26-56/h1-46H. The van der Waals surface area contributed by atoms with E-state index in [2.05, 4.69) is 284 Å². The third-order valence-electron chi connectivity index (χ3n) is 15.1. The zero-order chi connectivity index (χ0) is 47.6. The Kier molecular flexibility index (Phi) is 9.79. The van der Waals surface area contributed by atoms with Gasteiger partial charge in [-0.15, -0.1) is 0 Å². The van der Waals surface area contributed by atoms with Crippen LogP contribution in [0, 0.1) is 0 Å². The third-order valence-corrected chi connectivity index (χ3v) is 15.1. The van der Waals surface area contributed by atoms with E-state index in [1.54, 1.807) is 0 Å². The van der Waals surface area contributed by atoms with Crippen molar-refractivity contribution in [3.05, 3.63) is 301 Å². The second kappa shape index (κ2) is 16.9. The van der Waals surface area contributed by atoms with Crippen molar-refractivity contribution in [2.24, 2.45) is 0 Å². The summed E-state index contributed by atoms with van der Waals surface area (Å²) in [5.74, 6) is 0.925. The maximum Gasteiger partial charge on any atom is 0.145 e. The van der Waals surface area contributed by atoms with Crippen LogP contribution in [0.15, 0.2) is 279 Å². The lowest BCUT2D eigenvalue weighted by Crippen LogP contribution is -2.28. The molecule has 2 heteroatoms. The summed E-state index contributed by atoms with van der Waals surface area (Å²) in [4.78, 5) is 5.18. The Morgan fingerprint density at radius 3 is 1.19 bits per heavy atom. The summed E-state index contributed by atoms with van der Waals surface area (Å²) in [6, 6.07) is 102. The first-order valence-corrected chi connectivity index (χ1v) is 24.9. The van der Waals surface area contributed by atoms with Crippen LogP contribution in [-0.4, -0.2) is 9.55 Å². The summed E-state index contributed by atoms with van der Waals surface area (Å²) in [5, 5.41) is 4.90. The Hall–Kier alpha value is -9.37. The van der Waals surface area contributed by atoms with Gasteiger partial charge in [0.2, 0.25) is 0 Å². The normalized spacial score (nSPS) is 12.6. The Morgan fingerprint density at radius 2 is 0.681 bits per heavy atom. The summed E-state index contributed by atoms with van der Waals surface area (Å²) in [5.41, 5.74) is 20.9. The summed E-state index contributed by atoms with van der Waals surface area (Å²) in [6.45, 7) is 0. The van der Waals surface area contributed by atoms with Gasteiger partial charge in [0, 0.05) is 11.3 Å². The highest BCUT2D eigenvalue weighted by Crippen LogP contribution is 2.58. The zero-order valence-corrected chi connectivity index (χ0v) is 39.5. The quantitative estimate of drug-likeness (QED) is 0.139. The van der Waals surface area contributed by atoms with Crippen LogP contribution in [0.25, 0.3) is 105 Å². The number of rotatable bonds is 8. The molecule has 13 aromatic rings. The van der Waals surface area contributed by atoms with E-state index >= 15 is 0 Å². The molecule has 1 aromatic heterocycles. The van der Waals surface area contributed by atoms with E-state index in [0.29, 0.717) is 0 Å². The summed E-state index contributed by atoms with van der Waals surface area (Å²) < 4.78 is 2.27. The molecule has 0 fully saturated rings. The molecule has 0 unspecified atom stereocenters. The first-order valence-electron chi connectivity index (χ1n) is 24.9. The van der Waals surface area contributed by atoms with Crippen LogP contribution in [0.3, 0.4) is 0 Å². The molecule has 0 aliphatic heterocycles. The van der Waals surface area contributed by atoms with Gasteiger partial charge in [-0.3, -0.25) is 4.57 Å². The van der Waals surface area contributed by atoms with Gasteiger partial charge in [-0.2, -0.15) is 0 Å². The van der Waals surface area contributed by atoms with Crippen molar-refractivity contribution in [3.63, 3.8) is 0 Å². The fraction of sp³-hybridized carbons (Fsp3) is 0.0143. The summed E-state index contributed by atoms with van der Waals surface area (Å²) in [6.07, 6.45) is 0. The van der Waals surface area contributed by atoms with Crippen molar-refractivity contribution in [3.8, 4) is 72.7 Å². The van der Waals surface area contributed by atoms with Crippen molar-refractivity contribution in [2.75, 3.05) is 0 Å². The fourth-order valence-corrected chi connectivity index (χ4v) is 11.9. The van der Waals surface area contributed by atoms with Crippen molar-refractivity contribution in [2.45, 2.75) is 5.41 Å². The molecule has 14 rings (SSSR count). The third kappa shape index (κ3) is 6.53. The summed E-state index contributed by atoms with van der Waals surface area (Å²) in [7, 11) is 0. The predicted octanol–water partition coefficient (Wildman–Crippen LogP) is 18.0. The Labute approximate surface area is 419 Å². The van der Waals surface area contributed by atoms with Gasteiger partial charge in [0.1, 0.15) is 5.82 Å². The van der Waals surface area contributed by atoms with Gasteiger partial charge < -0.3 is 0 Å². The smallest absolute Gasteiger partial charge is 0.145 e. The number of imidazole rings is 1. The lowest BCUT2D eigenvalue weighted by atomic mass is 9.67. The van der Waals surface area contributed by atoms with Gasteiger partial charge in [-0.1, -0.05) is 243 Å². The zero-order valence-electron chi connectivity index (χ0n) is 39.5. The van der Waals surface area contributed by atoms with Gasteiger partial charge >= 0.3 is 0 Å². The minimum Gasteiger partial charge on any atom is -0.292 e. The molecule has 0 saturated carbocycles. The maximum absolute atomic E-state index is 5.18. The predicted molar refractivity (Wildman–Crippen MR) is 301 cm³/mol. The van der Waals surface area contributed by atoms with E-state index in [-0.39, 0.29) is 0 Å².